The van der Waals surface area contributed by atoms with Crippen molar-refractivity contribution in [3.05, 3.63) is 29.8 Å². The van der Waals surface area contributed by atoms with Crippen molar-refractivity contribution in [2.45, 2.75) is 52.0 Å². The number of nitrogens with one attached hydrogen (secondary N) is 1. The van der Waals surface area contributed by atoms with Crippen LogP contribution >= 0.6 is 0 Å². The maximum atomic E-state index is 10.2. The molecule has 1 aromatic carbocycles. The van der Waals surface area contributed by atoms with Crippen molar-refractivity contribution in [3.8, 4) is 5.75 Å². The van der Waals surface area contributed by atoms with Gasteiger partial charge in [0.15, 0.2) is 0 Å². The lowest BCUT2D eigenvalue weighted by atomic mass is 9.71. The van der Waals surface area contributed by atoms with E-state index in [-0.39, 0.29) is 11.0 Å². The van der Waals surface area contributed by atoms with Crippen LogP contribution < -0.4 is 5.32 Å². The minimum atomic E-state index is -0.0537. The first-order valence-corrected chi connectivity index (χ1v) is 6.97. The second kappa shape index (κ2) is 4.93. The molecule has 18 heavy (non-hydrogen) atoms. The highest BCUT2D eigenvalue weighted by molar-refractivity contribution is 5.38. The van der Waals surface area contributed by atoms with Crippen LogP contribution in [0.15, 0.2) is 24.3 Å². The molecule has 1 aliphatic heterocycles. The fraction of sp³-hybridized carbons (Fsp3) is 0.625. The van der Waals surface area contributed by atoms with E-state index in [1.54, 1.807) is 6.07 Å². The van der Waals surface area contributed by atoms with Gasteiger partial charge in [0.2, 0.25) is 0 Å². The van der Waals surface area contributed by atoms with E-state index in [2.05, 4.69) is 32.2 Å². The van der Waals surface area contributed by atoms with Crippen LogP contribution in [0.25, 0.3) is 0 Å². The lowest BCUT2D eigenvalue weighted by Gasteiger charge is -2.43. The molecule has 1 heterocycles. The molecule has 2 N–H and O–H groups in total. The van der Waals surface area contributed by atoms with Crippen LogP contribution in [0.2, 0.25) is 0 Å². The van der Waals surface area contributed by atoms with Crippen LogP contribution in [0.5, 0.6) is 5.75 Å². The summed E-state index contributed by atoms with van der Waals surface area (Å²) < 4.78 is 0. The summed E-state index contributed by atoms with van der Waals surface area (Å²) in [6, 6.07) is 7.79. The Bertz CT molecular complexity index is 400. The van der Waals surface area contributed by atoms with E-state index < -0.39 is 0 Å². The zero-order valence-corrected chi connectivity index (χ0v) is 11.8. The minimum absolute atomic E-state index is 0.0537. The van der Waals surface area contributed by atoms with Gasteiger partial charge in [0, 0.05) is 11.1 Å². The standard InChI is InChI=1S/C16H25NO/c1-15(2,3)12-16(10-6-7-11-17-16)13-8-4-5-9-14(13)18/h4-5,8-9,17-18H,6-7,10-12H2,1-3H3. The Hall–Kier alpha value is -1.02. The molecule has 2 rings (SSSR count). The number of rotatable bonds is 2. The lowest BCUT2D eigenvalue weighted by molar-refractivity contribution is 0.165. The number of hydrogen-bond acceptors (Lipinski definition) is 2. The average molecular weight is 247 g/mol. The second-order valence-electron chi connectivity index (χ2n) is 6.72. The fourth-order valence-electron chi connectivity index (χ4n) is 3.23. The van der Waals surface area contributed by atoms with Gasteiger partial charge in [-0.2, -0.15) is 0 Å². The smallest absolute Gasteiger partial charge is 0.120 e. The SMILES string of the molecule is CC(C)(C)CC1(c2ccccc2O)CCCCN1. The fourth-order valence-corrected chi connectivity index (χ4v) is 3.23. The quantitative estimate of drug-likeness (QED) is 0.833. The van der Waals surface area contributed by atoms with Crippen molar-refractivity contribution in [3.63, 3.8) is 0 Å². The summed E-state index contributed by atoms with van der Waals surface area (Å²) in [5, 5.41) is 13.9. The third-order valence-electron chi connectivity index (χ3n) is 3.75. The first-order valence-electron chi connectivity index (χ1n) is 6.97. The summed E-state index contributed by atoms with van der Waals surface area (Å²) in [4.78, 5) is 0. The molecule has 2 heteroatoms. The predicted octanol–water partition coefficient (Wildman–Crippen LogP) is 3.80. The van der Waals surface area contributed by atoms with Crippen LogP contribution in [0.1, 0.15) is 52.0 Å². The molecule has 0 amide bonds. The number of benzene rings is 1. The summed E-state index contributed by atoms with van der Waals surface area (Å²) in [6.45, 7) is 7.85. The molecule has 1 fully saturated rings. The van der Waals surface area contributed by atoms with Crippen LogP contribution in [0.4, 0.5) is 0 Å². The van der Waals surface area contributed by atoms with E-state index in [0.717, 1.165) is 24.9 Å². The van der Waals surface area contributed by atoms with Crippen LogP contribution in [-0.4, -0.2) is 11.7 Å². The normalized spacial score (nSPS) is 25.1. The average Bonchev–Trinajstić information content (AvgIpc) is 2.28. The molecule has 1 aromatic rings. The molecule has 0 radical (unpaired) electrons. The second-order valence-corrected chi connectivity index (χ2v) is 6.72. The van der Waals surface area contributed by atoms with Crippen LogP contribution in [-0.2, 0) is 5.54 Å². The van der Waals surface area contributed by atoms with E-state index in [1.807, 2.05) is 12.1 Å². The van der Waals surface area contributed by atoms with Gasteiger partial charge in [0.05, 0.1) is 0 Å². The Morgan fingerprint density at radius 1 is 1.22 bits per heavy atom. The van der Waals surface area contributed by atoms with Gasteiger partial charge in [-0.25, -0.2) is 0 Å². The number of hydrogen-bond donors (Lipinski definition) is 2. The van der Waals surface area contributed by atoms with Crippen molar-refractivity contribution in [1.29, 1.82) is 0 Å². The predicted molar refractivity (Wildman–Crippen MR) is 75.7 cm³/mol. The van der Waals surface area contributed by atoms with Gasteiger partial charge in [-0.3, -0.25) is 0 Å². The molecule has 0 bridgehead atoms. The third-order valence-corrected chi connectivity index (χ3v) is 3.75. The Morgan fingerprint density at radius 2 is 1.94 bits per heavy atom. The van der Waals surface area contributed by atoms with Crippen molar-refractivity contribution >= 4 is 0 Å². The Labute approximate surface area is 110 Å². The van der Waals surface area contributed by atoms with Crippen LogP contribution in [0, 0.1) is 5.41 Å². The Kier molecular flexibility index (Phi) is 3.67. The molecule has 0 aliphatic carbocycles. The Morgan fingerprint density at radius 3 is 2.50 bits per heavy atom. The number of phenolic OH excluding ortho intramolecular Hbond substituents is 1. The molecular weight excluding hydrogens is 222 g/mol. The highest BCUT2D eigenvalue weighted by atomic mass is 16.3. The maximum absolute atomic E-state index is 10.2. The molecule has 1 aliphatic rings. The summed E-state index contributed by atoms with van der Waals surface area (Å²) in [6.07, 6.45) is 4.64. The molecule has 1 atom stereocenters. The summed E-state index contributed by atoms with van der Waals surface area (Å²) in [5.41, 5.74) is 1.26. The number of aromatic hydroxyl groups is 1. The highest BCUT2D eigenvalue weighted by Gasteiger charge is 2.38. The van der Waals surface area contributed by atoms with E-state index in [0.29, 0.717) is 5.75 Å². The first kappa shape index (κ1) is 13.4. The molecule has 2 nitrogen and oxygen atoms in total. The van der Waals surface area contributed by atoms with Crippen LogP contribution in [0.3, 0.4) is 0 Å². The highest BCUT2D eigenvalue weighted by Crippen LogP contribution is 2.43. The summed E-state index contributed by atoms with van der Waals surface area (Å²) >= 11 is 0. The van der Waals surface area contributed by atoms with E-state index >= 15 is 0 Å². The van der Waals surface area contributed by atoms with Crippen molar-refractivity contribution < 1.29 is 5.11 Å². The zero-order valence-electron chi connectivity index (χ0n) is 11.8. The molecule has 0 aromatic heterocycles. The Balaban J connectivity index is 2.39. The maximum Gasteiger partial charge on any atom is 0.120 e. The third kappa shape index (κ3) is 2.86. The van der Waals surface area contributed by atoms with Gasteiger partial charge >= 0.3 is 0 Å². The topological polar surface area (TPSA) is 32.3 Å². The molecule has 0 spiro atoms. The molecular formula is C16H25NO. The largest absolute Gasteiger partial charge is 0.508 e. The molecule has 100 valence electrons. The molecule has 1 saturated heterocycles. The number of piperidine rings is 1. The number of phenols is 1. The van der Waals surface area contributed by atoms with Crippen molar-refractivity contribution in [2.75, 3.05) is 6.54 Å². The van der Waals surface area contributed by atoms with Gasteiger partial charge in [0.25, 0.3) is 0 Å². The monoisotopic (exact) mass is 247 g/mol. The zero-order chi connectivity index (χ0) is 13.2. The summed E-state index contributed by atoms with van der Waals surface area (Å²) in [5.74, 6) is 0.427. The van der Waals surface area contributed by atoms with Crippen molar-refractivity contribution in [1.82, 2.24) is 5.32 Å². The van der Waals surface area contributed by atoms with Gasteiger partial charge < -0.3 is 10.4 Å². The van der Waals surface area contributed by atoms with E-state index in [4.69, 9.17) is 0 Å². The van der Waals surface area contributed by atoms with E-state index in [1.165, 1.54) is 12.8 Å². The van der Waals surface area contributed by atoms with Crippen molar-refractivity contribution in [2.24, 2.45) is 5.41 Å². The van der Waals surface area contributed by atoms with Gasteiger partial charge in [-0.15, -0.1) is 0 Å². The van der Waals surface area contributed by atoms with Gasteiger partial charge in [0.1, 0.15) is 5.75 Å². The lowest BCUT2D eigenvalue weighted by Crippen LogP contribution is -2.48. The van der Waals surface area contributed by atoms with E-state index in [9.17, 15) is 5.11 Å². The molecule has 0 saturated carbocycles. The summed E-state index contributed by atoms with van der Waals surface area (Å²) in [7, 11) is 0. The van der Waals surface area contributed by atoms with Gasteiger partial charge in [-0.05, 0) is 37.3 Å². The number of para-hydroxylation sites is 1. The van der Waals surface area contributed by atoms with Gasteiger partial charge in [-0.1, -0.05) is 45.4 Å². The first-order chi connectivity index (χ1) is 8.43. The minimum Gasteiger partial charge on any atom is -0.508 e. The molecule has 1 unspecified atom stereocenters.